The molecule has 1 amide bonds. The molecule has 3 rings (SSSR count). The van der Waals surface area contributed by atoms with Crippen molar-refractivity contribution < 1.29 is 15.0 Å². The van der Waals surface area contributed by atoms with E-state index in [1.165, 1.54) is 6.07 Å². The standard InChI is InChI=1S/C16H11Br2NO3/c1-7-10(17)2-3-12-14(7)9(16(22)19-12)4-8-5-11(18)15(21)13(20)6-8/h2-6,20-21H,1H3,(H,19,22). The van der Waals surface area contributed by atoms with E-state index in [2.05, 4.69) is 37.2 Å². The molecular weight excluding hydrogens is 414 g/mol. The first kappa shape index (κ1) is 15.1. The van der Waals surface area contributed by atoms with Crippen molar-refractivity contribution in [3.8, 4) is 11.5 Å². The van der Waals surface area contributed by atoms with Gasteiger partial charge in [0.2, 0.25) is 0 Å². The van der Waals surface area contributed by atoms with Crippen LogP contribution in [0.2, 0.25) is 0 Å². The van der Waals surface area contributed by atoms with Crippen molar-refractivity contribution in [3.05, 3.63) is 49.9 Å². The number of phenolic OH excluding ortho intramolecular Hbond substituents is 2. The zero-order valence-electron chi connectivity index (χ0n) is 11.4. The van der Waals surface area contributed by atoms with Gasteiger partial charge in [-0.15, -0.1) is 0 Å². The lowest BCUT2D eigenvalue weighted by molar-refractivity contribution is -0.110. The fourth-order valence-corrected chi connectivity index (χ4v) is 3.23. The molecule has 2 aromatic carbocycles. The van der Waals surface area contributed by atoms with Crippen molar-refractivity contribution >= 4 is 55.1 Å². The molecule has 0 saturated heterocycles. The molecule has 0 fully saturated rings. The van der Waals surface area contributed by atoms with Crippen LogP contribution in [0.4, 0.5) is 5.69 Å². The second kappa shape index (κ2) is 5.44. The van der Waals surface area contributed by atoms with Gasteiger partial charge in [-0.3, -0.25) is 4.79 Å². The maximum absolute atomic E-state index is 12.2. The summed E-state index contributed by atoms with van der Waals surface area (Å²) in [7, 11) is 0. The first-order valence-corrected chi connectivity index (χ1v) is 8.01. The normalized spacial score (nSPS) is 15.0. The number of hydrogen-bond donors (Lipinski definition) is 3. The predicted molar refractivity (Wildman–Crippen MR) is 92.9 cm³/mol. The Bertz CT molecular complexity index is 821. The van der Waals surface area contributed by atoms with Gasteiger partial charge in [0.15, 0.2) is 11.5 Å². The largest absolute Gasteiger partial charge is 0.504 e. The van der Waals surface area contributed by atoms with Gasteiger partial charge in [-0.1, -0.05) is 15.9 Å². The van der Waals surface area contributed by atoms with Crippen LogP contribution in [-0.2, 0) is 4.79 Å². The summed E-state index contributed by atoms with van der Waals surface area (Å²) in [4.78, 5) is 12.2. The second-order valence-corrected chi connectivity index (χ2v) is 6.69. The smallest absolute Gasteiger partial charge is 0.256 e. The van der Waals surface area contributed by atoms with Gasteiger partial charge in [-0.05, 0) is 64.3 Å². The summed E-state index contributed by atoms with van der Waals surface area (Å²) in [6, 6.07) is 6.78. The lowest BCUT2D eigenvalue weighted by Gasteiger charge is -2.07. The minimum atomic E-state index is -0.245. The summed E-state index contributed by atoms with van der Waals surface area (Å²) >= 11 is 6.64. The molecule has 1 heterocycles. The number of rotatable bonds is 1. The Morgan fingerprint density at radius 3 is 2.55 bits per heavy atom. The highest BCUT2D eigenvalue weighted by Gasteiger charge is 2.26. The number of amides is 1. The van der Waals surface area contributed by atoms with Gasteiger partial charge in [0, 0.05) is 21.3 Å². The number of phenols is 2. The van der Waals surface area contributed by atoms with Crippen LogP contribution in [0.1, 0.15) is 16.7 Å². The van der Waals surface area contributed by atoms with Crippen LogP contribution in [-0.4, -0.2) is 16.1 Å². The van der Waals surface area contributed by atoms with Crippen LogP contribution in [0.3, 0.4) is 0 Å². The highest BCUT2D eigenvalue weighted by Crippen LogP contribution is 2.40. The number of carbonyl (C=O) groups is 1. The maximum atomic E-state index is 12.2. The van der Waals surface area contributed by atoms with Gasteiger partial charge in [-0.2, -0.15) is 0 Å². The molecule has 6 heteroatoms. The lowest BCUT2D eigenvalue weighted by atomic mass is 9.99. The van der Waals surface area contributed by atoms with Crippen molar-refractivity contribution in [2.75, 3.05) is 5.32 Å². The predicted octanol–water partition coefficient (Wildman–Crippen LogP) is 4.42. The van der Waals surface area contributed by atoms with Crippen LogP contribution in [0, 0.1) is 6.92 Å². The first-order valence-electron chi connectivity index (χ1n) is 6.42. The van der Waals surface area contributed by atoms with E-state index >= 15 is 0 Å². The van der Waals surface area contributed by atoms with Crippen molar-refractivity contribution in [1.29, 1.82) is 0 Å². The minimum absolute atomic E-state index is 0.195. The van der Waals surface area contributed by atoms with Gasteiger partial charge in [0.1, 0.15) is 0 Å². The molecule has 0 unspecified atom stereocenters. The van der Waals surface area contributed by atoms with Gasteiger partial charge in [-0.25, -0.2) is 0 Å². The Hall–Kier alpha value is -1.79. The second-order valence-electron chi connectivity index (χ2n) is 4.98. The average Bonchev–Trinajstić information content (AvgIpc) is 2.77. The van der Waals surface area contributed by atoms with E-state index in [-0.39, 0.29) is 17.4 Å². The molecule has 0 atom stereocenters. The number of aromatic hydroxyl groups is 2. The maximum Gasteiger partial charge on any atom is 0.256 e. The molecule has 3 N–H and O–H groups in total. The summed E-state index contributed by atoms with van der Waals surface area (Å²) in [6.45, 7) is 1.93. The van der Waals surface area contributed by atoms with E-state index in [4.69, 9.17) is 0 Å². The Morgan fingerprint density at radius 2 is 1.86 bits per heavy atom. The van der Waals surface area contributed by atoms with E-state index < -0.39 is 0 Å². The third kappa shape index (κ3) is 2.42. The molecule has 4 nitrogen and oxygen atoms in total. The molecule has 1 aliphatic heterocycles. The van der Waals surface area contributed by atoms with Crippen LogP contribution >= 0.6 is 31.9 Å². The third-order valence-electron chi connectivity index (χ3n) is 3.54. The molecule has 0 saturated carbocycles. The van der Waals surface area contributed by atoms with E-state index in [0.29, 0.717) is 15.6 Å². The van der Waals surface area contributed by atoms with Crippen LogP contribution in [0.15, 0.2) is 33.2 Å². The van der Waals surface area contributed by atoms with Gasteiger partial charge >= 0.3 is 0 Å². The summed E-state index contributed by atoms with van der Waals surface area (Å²) in [5.74, 6) is -0.664. The average molecular weight is 425 g/mol. The van der Waals surface area contributed by atoms with Crippen molar-refractivity contribution in [3.63, 3.8) is 0 Å². The summed E-state index contributed by atoms with van der Waals surface area (Å²) in [6.07, 6.45) is 1.69. The summed E-state index contributed by atoms with van der Waals surface area (Å²) in [5, 5.41) is 22.1. The number of carbonyl (C=O) groups excluding carboxylic acids is 1. The highest BCUT2D eigenvalue weighted by atomic mass is 79.9. The van der Waals surface area contributed by atoms with Gasteiger partial charge in [0.25, 0.3) is 5.91 Å². The Balaban J connectivity index is 2.18. The lowest BCUT2D eigenvalue weighted by Crippen LogP contribution is -2.03. The van der Waals surface area contributed by atoms with E-state index in [9.17, 15) is 15.0 Å². The molecule has 112 valence electrons. The number of hydrogen-bond acceptors (Lipinski definition) is 3. The fourth-order valence-electron chi connectivity index (χ4n) is 2.43. The minimum Gasteiger partial charge on any atom is -0.504 e. The topological polar surface area (TPSA) is 69.6 Å². The summed E-state index contributed by atoms with van der Waals surface area (Å²) < 4.78 is 1.28. The van der Waals surface area contributed by atoms with Crippen LogP contribution < -0.4 is 5.32 Å². The SMILES string of the molecule is Cc1c(Br)ccc2c1C(=Cc1cc(O)c(O)c(Br)c1)C(=O)N2. The molecule has 22 heavy (non-hydrogen) atoms. The Labute approximate surface area is 143 Å². The zero-order chi connectivity index (χ0) is 16.0. The number of fused-ring (bicyclic) bond motifs is 1. The monoisotopic (exact) mass is 423 g/mol. The fraction of sp³-hybridized carbons (Fsp3) is 0.0625. The number of halogens is 2. The number of anilines is 1. The number of nitrogens with one attached hydrogen (secondary N) is 1. The van der Waals surface area contributed by atoms with Crippen molar-refractivity contribution in [2.45, 2.75) is 6.92 Å². The first-order chi connectivity index (χ1) is 10.4. The molecule has 0 spiro atoms. The van der Waals surface area contributed by atoms with Crippen LogP contribution in [0.25, 0.3) is 11.6 Å². The molecular formula is C16H11Br2NO3. The third-order valence-corrected chi connectivity index (χ3v) is 5.00. The molecule has 2 aromatic rings. The van der Waals surface area contributed by atoms with E-state index in [0.717, 1.165) is 21.3 Å². The molecule has 1 aliphatic rings. The van der Waals surface area contributed by atoms with E-state index in [1.807, 2.05) is 19.1 Å². The van der Waals surface area contributed by atoms with E-state index in [1.54, 1.807) is 12.1 Å². The van der Waals surface area contributed by atoms with Crippen LogP contribution in [0.5, 0.6) is 11.5 Å². The molecule has 0 aliphatic carbocycles. The Morgan fingerprint density at radius 1 is 1.14 bits per heavy atom. The Kier molecular flexibility index (Phi) is 3.74. The molecule has 0 bridgehead atoms. The highest BCUT2D eigenvalue weighted by molar-refractivity contribution is 9.10. The van der Waals surface area contributed by atoms with Gasteiger partial charge in [0.05, 0.1) is 4.47 Å². The van der Waals surface area contributed by atoms with Gasteiger partial charge < -0.3 is 15.5 Å². The zero-order valence-corrected chi connectivity index (χ0v) is 14.6. The quantitative estimate of drug-likeness (QED) is 0.468. The van der Waals surface area contributed by atoms with Crippen molar-refractivity contribution in [1.82, 2.24) is 0 Å². The molecule has 0 radical (unpaired) electrons. The summed E-state index contributed by atoms with van der Waals surface area (Å²) in [5.41, 5.74) is 3.69. The molecule has 0 aromatic heterocycles. The van der Waals surface area contributed by atoms with Crippen molar-refractivity contribution in [2.24, 2.45) is 0 Å². The number of benzene rings is 2.